The molecule has 0 radical (unpaired) electrons. The molecule has 4 heteroatoms. The summed E-state index contributed by atoms with van der Waals surface area (Å²) in [6.45, 7) is 2.05. The summed E-state index contributed by atoms with van der Waals surface area (Å²) in [6, 6.07) is 13.6. The molecule has 2 aromatic rings. The van der Waals surface area contributed by atoms with Crippen molar-refractivity contribution in [3.8, 4) is 5.75 Å². The zero-order chi connectivity index (χ0) is 14.4. The second-order valence-electron chi connectivity index (χ2n) is 4.70. The van der Waals surface area contributed by atoms with Gasteiger partial charge in [-0.15, -0.1) is 0 Å². The summed E-state index contributed by atoms with van der Waals surface area (Å²) < 4.78 is 5.95. The van der Waals surface area contributed by atoms with E-state index in [1.165, 1.54) is 0 Å². The monoisotopic (exact) mass is 290 g/mol. The van der Waals surface area contributed by atoms with Crippen LogP contribution in [0.5, 0.6) is 5.75 Å². The van der Waals surface area contributed by atoms with Gasteiger partial charge in [-0.2, -0.15) is 0 Å². The number of benzene rings is 1. The zero-order valence-corrected chi connectivity index (χ0v) is 12.5. The van der Waals surface area contributed by atoms with E-state index in [2.05, 4.69) is 10.3 Å². The number of hydrogen-bond acceptors (Lipinski definition) is 3. The molecule has 2 unspecified atom stereocenters. The Morgan fingerprint density at radius 3 is 2.75 bits per heavy atom. The van der Waals surface area contributed by atoms with Gasteiger partial charge in [-0.1, -0.05) is 23.7 Å². The lowest BCUT2D eigenvalue weighted by molar-refractivity contribution is 0.173. The van der Waals surface area contributed by atoms with Crippen molar-refractivity contribution >= 4 is 11.6 Å². The highest BCUT2D eigenvalue weighted by atomic mass is 35.5. The molecule has 3 nitrogen and oxygen atoms in total. The first-order chi connectivity index (χ1) is 9.69. The van der Waals surface area contributed by atoms with E-state index in [1.54, 1.807) is 0 Å². The van der Waals surface area contributed by atoms with Gasteiger partial charge in [0.05, 0.1) is 0 Å². The molecule has 106 valence electrons. The molecule has 1 aromatic heterocycles. The Kier molecular flexibility index (Phi) is 5.39. The van der Waals surface area contributed by atoms with Crippen LogP contribution in [0, 0.1) is 0 Å². The summed E-state index contributed by atoms with van der Waals surface area (Å²) in [6.07, 6.45) is 2.64. The average molecular weight is 291 g/mol. The van der Waals surface area contributed by atoms with Crippen LogP contribution >= 0.6 is 11.6 Å². The molecule has 2 rings (SSSR count). The molecule has 0 saturated heterocycles. The fourth-order valence-corrected chi connectivity index (χ4v) is 2.26. The fraction of sp³-hybridized carbons (Fsp3) is 0.312. The number of pyridine rings is 1. The molecule has 0 aliphatic rings. The van der Waals surface area contributed by atoms with Gasteiger partial charge in [0.1, 0.15) is 11.9 Å². The molecular weight excluding hydrogens is 272 g/mol. The van der Waals surface area contributed by atoms with Crippen molar-refractivity contribution in [2.24, 2.45) is 0 Å². The summed E-state index contributed by atoms with van der Waals surface area (Å²) in [7, 11) is 1.94. The van der Waals surface area contributed by atoms with Crippen molar-refractivity contribution in [2.45, 2.75) is 25.5 Å². The molecule has 2 atom stereocenters. The topological polar surface area (TPSA) is 34.2 Å². The highest BCUT2D eigenvalue weighted by Crippen LogP contribution is 2.19. The summed E-state index contributed by atoms with van der Waals surface area (Å²) in [5, 5.41) is 3.97. The van der Waals surface area contributed by atoms with Gasteiger partial charge >= 0.3 is 0 Å². The average Bonchev–Trinajstić information content (AvgIpc) is 2.45. The van der Waals surface area contributed by atoms with E-state index < -0.39 is 0 Å². The maximum Gasteiger partial charge on any atom is 0.121 e. The number of hydrogen-bond donors (Lipinski definition) is 1. The molecule has 1 heterocycles. The van der Waals surface area contributed by atoms with E-state index in [0.717, 1.165) is 17.9 Å². The third kappa shape index (κ3) is 4.22. The SMILES string of the molecule is CNC(Cc1ccccn1)C(C)Oc1cccc(Cl)c1. The number of aromatic nitrogens is 1. The summed E-state index contributed by atoms with van der Waals surface area (Å²) in [5.74, 6) is 0.784. The second-order valence-corrected chi connectivity index (χ2v) is 5.14. The minimum absolute atomic E-state index is 0.0143. The van der Waals surface area contributed by atoms with Crippen molar-refractivity contribution in [3.63, 3.8) is 0 Å². The van der Waals surface area contributed by atoms with Gasteiger partial charge in [0.25, 0.3) is 0 Å². The minimum atomic E-state index is 0.0143. The number of likely N-dealkylation sites (N-methyl/N-ethyl adjacent to an activating group) is 1. The Hall–Kier alpha value is -1.58. The fourth-order valence-electron chi connectivity index (χ4n) is 2.08. The molecule has 1 aromatic carbocycles. The van der Waals surface area contributed by atoms with Crippen LogP contribution in [-0.2, 0) is 6.42 Å². The predicted octanol–water partition coefficient (Wildman–Crippen LogP) is 3.33. The van der Waals surface area contributed by atoms with Crippen LogP contribution in [0.15, 0.2) is 48.7 Å². The van der Waals surface area contributed by atoms with E-state index in [0.29, 0.717) is 5.02 Å². The van der Waals surface area contributed by atoms with E-state index >= 15 is 0 Å². The van der Waals surface area contributed by atoms with Gasteiger partial charge in [0, 0.05) is 29.4 Å². The minimum Gasteiger partial charge on any atom is -0.489 e. The van der Waals surface area contributed by atoms with Crippen LogP contribution in [0.2, 0.25) is 5.02 Å². The van der Waals surface area contributed by atoms with Gasteiger partial charge in [-0.25, -0.2) is 0 Å². The number of nitrogens with zero attached hydrogens (tertiary/aromatic N) is 1. The molecule has 0 saturated carbocycles. The van der Waals surface area contributed by atoms with Gasteiger partial charge in [-0.05, 0) is 44.3 Å². The number of halogens is 1. The Labute approximate surface area is 124 Å². The lowest BCUT2D eigenvalue weighted by Crippen LogP contribution is -2.41. The predicted molar refractivity (Wildman–Crippen MR) is 82.3 cm³/mol. The molecule has 0 fully saturated rings. The Morgan fingerprint density at radius 1 is 1.25 bits per heavy atom. The number of rotatable bonds is 6. The standard InChI is InChI=1S/C16H19ClN2O/c1-12(20-15-8-5-6-13(17)10-15)16(18-2)11-14-7-3-4-9-19-14/h3-10,12,16,18H,11H2,1-2H3. The lowest BCUT2D eigenvalue weighted by Gasteiger charge is -2.24. The lowest BCUT2D eigenvalue weighted by atomic mass is 10.1. The van der Waals surface area contributed by atoms with Crippen LogP contribution in [-0.4, -0.2) is 24.2 Å². The van der Waals surface area contributed by atoms with E-state index in [-0.39, 0.29) is 12.1 Å². The summed E-state index contributed by atoms with van der Waals surface area (Å²) >= 11 is 5.97. The Bertz CT molecular complexity index is 533. The van der Waals surface area contributed by atoms with Crippen LogP contribution in [0.1, 0.15) is 12.6 Å². The van der Waals surface area contributed by atoms with Crippen molar-refractivity contribution in [3.05, 3.63) is 59.4 Å². The normalized spacial score (nSPS) is 13.8. The quantitative estimate of drug-likeness (QED) is 0.886. The van der Waals surface area contributed by atoms with Crippen molar-refractivity contribution in [1.82, 2.24) is 10.3 Å². The second kappa shape index (κ2) is 7.27. The molecule has 0 aliphatic carbocycles. The van der Waals surface area contributed by atoms with Gasteiger partial charge in [0.2, 0.25) is 0 Å². The smallest absolute Gasteiger partial charge is 0.121 e. The summed E-state index contributed by atoms with van der Waals surface area (Å²) in [4.78, 5) is 4.35. The van der Waals surface area contributed by atoms with Crippen molar-refractivity contribution in [1.29, 1.82) is 0 Å². The molecule has 1 N–H and O–H groups in total. The highest BCUT2D eigenvalue weighted by Gasteiger charge is 2.18. The maximum absolute atomic E-state index is 5.97. The molecule has 0 spiro atoms. The van der Waals surface area contributed by atoms with E-state index in [9.17, 15) is 0 Å². The van der Waals surface area contributed by atoms with Crippen molar-refractivity contribution in [2.75, 3.05) is 7.05 Å². The number of nitrogens with one attached hydrogen (secondary N) is 1. The van der Waals surface area contributed by atoms with Crippen LogP contribution in [0.3, 0.4) is 0 Å². The van der Waals surface area contributed by atoms with Crippen LogP contribution in [0.4, 0.5) is 0 Å². The van der Waals surface area contributed by atoms with Crippen molar-refractivity contribution < 1.29 is 4.74 Å². The van der Waals surface area contributed by atoms with Gasteiger partial charge in [-0.3, -0.25) is 4.98 Å². The highest BCUT2D eigenvalue weighted by molar-refractivity contribution is 6.30. The first kappa shape index (κ1) is 14.8. The van der Waals surface area contributed by atoms with Crippen LogP contribution in [0.25, 0.3) is 0 Å². The van der Waals surface area contributed by atoms with Gasteiger partial charge < -0.3 is 10.1 Å². The maximum atomic E-state index is 5.97. The molecule has 0 aliphatic heterocycles. The Morgan fingerprint density at radius 2 is 2.10 bits per heavy atom. The molecular formula is C16H19ClN2O. The summed E-state index contributed by atoms with van der Waals surface area (Å²) in [5.41, 5.74) is 1.05. The molecule has 0 amide bonds. The zero-order valence-electron chi connectivity index (χ0n) is 11.7. The Balaban J connectivity index is 2.00. The van der Waals surface area contributed by atoms with Gasteiger partial charge in [0.15, 0.2) is 0 Å². The third-order valence-electron chi connectivity index (χ3n) is 3.21. The third-order valence-corrected chi connectivity index (χ3v) is 3.45. The van der Waals surface area contributed by atoms with E-state index in [1.807, 2.05) is 62.6 Å². The largest absolute Gasteiger partial charge is 0.489 e. The van der Waals surface area contributed by atoms with Crippen LogP contribution < -0.4 is 10.1 Å². The molecule has 20 heavy (non-hydrogen) atoms. The van der Waals surface area contributed by atoms with E-state index in [4.69, 9.17) is 16.3 Å². The first-order valence-corrected chi connectivity index (χ1v) is 7.06. The number of ether oxygens (including phenoxy) is 1. The first-order valence-electron chi connectivity index (χ1n) is 6.68. The molecule has 0 bridgehead atoms.